The molecule has 0 bridgehead atoms. The van der Waals surface area contributed by atoms with Gasteiger partial charge in [-0.05, 0) is 175 Å². The first-order valence-corrected chi connectivity index (χ1v) is 40.1. The van der Waals surface area contributed by atoms with E-state index in [0.717, 1.165) is 122 Å². The van der Waals surface area contributed by atoms with Gasteiger partial charge < -0.3 is 13.7 Å². The van der Waals surface area contributed by atoms with Gasteiger partial charge >= 0.3 is 0 Å². The Hall–Kier alpha value is -15.1. The Kier molecular flexibility index (Phi) is 15.2. The van der Waals surface area contributed by atoms with Crippen LogP contribution in [-0.4, -0.2) is 43.6 Å². The summed E-state index contributed by atoms with van der Waals surface area (Å²) in [7, 11) is 0. The lowest BCUT2D eigenvalue weighted by atomic mass is 9.81. The van der Waals surface area contributed by atoms with Crippen LogP contribution < -0.4 is 0 Å². The van der Waals surface area contributed by atoms with Gasteiger partial charge in [0.25, 0.3) is 0 Å². The first kappa shape index (κ1) is 67.6. The third-order valence-corrected chi connectivity index (χ3v) is 24.7. The normalized spacial score (nSPS) is 13.1. The van der Waals surface area contributed by atoms with Crippen molar-refractivity contribution in [2.75, 3.05) is 0 Å². The van der Waals surface area contributed by atoms with Gasteiger partial charge in [-0.3, -0.25) is 0 Å². The fraction of sp³-hybridized carbons (Fsp3) is 0.0556. The molecule has 16 aromatic carbocycles. The maximum Gasteiger partial charge on any atom is 0.166 e. The molecular weight excluding hydrogens is 1420 g/mol. The number of hydrogen-bond acceptors (Lipinski definition) is 6. The predicted molar refractivity (Wildman–Crippen MR) is 480 cm³/mol. The van der Waals surface area contributed by atoms with Crippen LogP contribution in [0, 0.1) is 0 Å². The van der Waals surface area contributed by atoms with Crippen LogP contribution in [0.15, 0.2) is 370 Å². The lowest BCUT2D eigenvalue weighted by molar-refractivity contribution is 0.661. The van der Waals surface area contributed by atoms with Gasteiger partial charge in [0.15, 0.2) is 34.9 Å². The van der Waals surface area contributed by atoms with Gasteiger partial charge in [-0.25, -0.2) is 29.9 Å². The van der Waals surface area contributed by atoms with Gasteiger partial charge in [-0.15, -0.1) is 0 Å². The summed E-state index contributed by atoms with van der Waals surface area (Å²) in [5, 5.41) is 7.07. The largest absolute Gasteiger partial charge is 0.309 e. The van der Waals surface area contributed by atoms with Crippen LogP contribution in [0.3, 0.4) is 0 Å². The van der Waals surface area contributed by atoms with Crippen LogP contribution in [0.5, 0.6) is 0 Å². The first-order valence-electron chi connectivity index (χ1n) is 40.1. The maximum absolute atomic E-state index is 5.64. The number of aromatic nitrogens is 9. The molecule has 0 saturated carbocycles. The molecule has 0 fully saturated rings. The molecule has 23 rings (SSSR count). The van der Waals surface area contributed by atoms with Gasteiger partial charge in [0, 0.05) is 93.5 Å². The standard InChI is InChI=1S/C108H73N9/c1-107(2)90-48-24-20-42-79(90)85-62-89-83-45-23-27-51-96(83)117(99(89)65-92(85)107)100-78(66-30-10-5-11-31-66)46-29-47-84(100)106-113-103(69-36-16-8-17-37-69)110-104(114-106)73-39-28-38-70(56-73)72-52-54-80-86-63-88-82-44-22-26-50-95(82)116(98(88)64-93(86)108(3,4)91(80)61-72)77-58-74(71-53-55-97-87(60-71)81-43-21-25-49-94(81)115(97)76-40-18-9-19-41-76)57-75(59-77)105-111-101(67-32-12-6-13-33-67)109-102(112-105)68-34-14-7-15-35-68/h5-65H,1-4H3. The Morgan fingerprint density at radius 3 is 1.15 bits per heavy atom. The highest BCUT2D eigenvalue weighted by Gasteiger charge is 2.39. The molecule has 117 heavy (non-hydrogen) atoms. The van der Waals surface area contributed by atoms with Crippen LogP contribution in [0.4, 0.5) is 0 Å². The molecule has 9 heteroatoms. The zero-order valence-electron chi connectivity index (χ0n) is 64.7. The van der Waals surface area contributed by atoms with E-state index in [2.05, 4.69) is 369 Å². The van der Waals surface area contributed by atoms with E-state index in [0.29, 0.717) is 34.9 Å². The lowest BCUT2D eigenvalue weighted by Gasteiger charge is -2.22. The maximum atomic E-state index is 5.64. The monoisotopic (exact) mass is 1500 g/mol. The van der Waals surface area contributed by atoms with Crippen LogP contribution in [0.25, 0.3) is 206 Å². The molecule has 0 atom stereocenters. The fourth-order valence-electron chi connectivity index (χ4n) is 19.0. The number of benzene rings is 16. The van der Waals surface area contributed by atoms with E-state index in [1.807, 2.05) is 42.5 Å². The van der Waals surface area contributed by atoms with E-state index in [1.54, 1.807) is 0 Å². The fourth-order valence-corrected chi connectivity index (χ4v) is 19.0. The van der Waals surface area contributed by atoms with Gasteiger partial charge in [0.1, 0.15) is 0 Å². The average Bonchev–Trinajstić information content (AvgIpc) is 1.55. The van der Waals surface area contributed by atoms with E-state index in [4.69, 9.17) is 29.9 Å². The Morgan fingerprint density at radius 1 is 0.179 bits per heavy atom. The SMILES string of the molecule is CC1(C)c2cc(-c3cccc(-c4nc(-c5ccccc5)nc(-c5cccc(-c6ccccc6)c5-n5c6ccccc6c6cc7c(cc65)C(C)(C)c5ccccc5-7)n4)c3)ccc2-c2cc3c4ccccc4n(-c4cc(-c5ccc6c(c5)c5ccccc5n6-c5ccccc5)cc(-c5nc(-c6ccccc6)nc(-c6ccccc6)n5)c4)c3cc21. The van der Waals surface area contributed by atoms with Crippen LogP contribution in [0.2, 0.25) is 0 Å². The van der Waals surface area contributed by atoms with Crippen LogP contribution in [0.1, 0.15) is 49.9 Å². The second kappa shape index (κ2) is 26.3. The van der Waals surface area contributed by atoms with Crippen molar-refractivity contribution in [3.63, 3.8) is 0 Å². The van der Waals surface area contributed by atoms with Crippen molar-refractivity contribution in [2.24, 2.45) is 0 Å². The molecule has 2 aliphatic rings. The number of nitrogens with zero attached hydrogens (tertiary/aromatic N) is 9. The van der Waals surface area contributed by atoms with Gasteiger partial charge in [-0.2, -0.15) is 0 Å². The molecule has 0 saturated heterocycles. The zero-order valence-corrected chi connectivity index (χ0v) is 64.7. The molecule has 5 heterocycles. The zero-order chi connectivity index (χ0) is 77.8. The van der Waals surface area contributed by atoms with Gasteiger partial charge in [0.05, 0.1) is 38.8 Å². The minimum Gasteiger partial charge on any atom is -0.309 e. The molecule has 0 radical (unpaired) electrons. The average molecular weight is 1500 g/mol. The quantitative estimate of drug-likeness (QED) is 0.121. The highest BCUT2D eigenvalue weighted by Crippen LogP contribution is 2.55. The van der Waals surface area contributed by atoms with Crippen molar-refractivity contribution in [3.8, 4) is 141 Å². The third-order valence-electron chi connectivity index (χ3n) is 24.7. The van der Waals surface area contributed by atoms with Gasteiger partial charge in [0.2, 0.25) is 0 Å². The third kappa shape index (κ3) is 10.8. The minimum absolute atomic E-state index is 0.221. The van der Waals surface area contributed by atoms with E-state index < -0.39 is 5.41 Å². The van der Waals surface area contributed by atoms with Crippen molar-refractivity contribution in [1.29, 1.82) is 0 Å². The minimum atomic E-state index is -0.418. The Labute approximate surface area is 676 Å². The topological polar surface area (TPSA) is 92.1 Å². The number of rotatable bonds is 12. The van der Waals surface area contributed by atoms with Gasteiger partial charge in [-0.1, -0.05) is 295 Å². The van der Waals surface area contributed by atoms with E-state index in [9.17, 15) is 0 Å². The summed E-state index contributed by atoms with van der Waals surface area (Å²) in [4.78, 5) is 32.5. The van der Waals surface area contributed by atoms with Crippen molar-refractivity contribution < 1.29 is 0 Å². The number of fused-ring (bicyclic) bond motifs is 15. The molecule has 0 unspecified atom stereocenters. The summed E-state index contributed by atoms with van der Waals surface area (Å²) in [6, 6.07) is 134. The summed E-state index contributed by atoms with van der Waals surface area (Å²) >= 11 is 0. The van der Waals surface area contributed by atoms with E-state index >= 15 is 0 Å². The molecule has 2 aliphatic carbocycles. The highest BCUT2D eigenvalue weighted by atomic mass is 15.1. The number of para-hydroxylation sites is 5. The molecule has 0 N–H and O–H groups in total. The number of hydrogen-bond donors (Lipinski definition) is 0. The summed E-state index contributed by atoms with van der Waals surface area (Å²) in [6.45, 7) is 9.50. The molecule has 0 amide bonds. The van der Waals surface area contributed by atoms with Crippen molar-refractivity contribution in [1.82, 2.24) is 43.6 Å². The van der Waals surface area contributed by atoms with Crippen molar-refractivity contribution >= 4 is 65.4 Å². The molecule has 9 nitrogen and oxygen atoms in total. The second-order valence-electron chi connectivity index (χ2n) is 32.1. The summed E-state index contributed by atoms with van der Waals surface area (Å²) in [6.07, 6.45) is 0. The lowest BCUT2D eigenvalue weighted by Crippen LogP contribution is -2.15. The molecule has 21 aromatic rings. The van der Waals surface area contributed by atoms with E-state index in [1.165, 1.54) is 71.4 Å². The predicted octanol–water partition coefficient (Wildman–Crippen LogP) is 27.0. The molecule has 0 aliphatic heterocycles. The van der Waals surface area contributed by atoms with E-state index in [-0.39, 0.29) is 5.41 Å². The van der Waals surface area contributed by atoms with Crippen molar-refractivity contribution in [3.05, 3.63) is 392 Å². The van der Waals surface area contributed by atoms with Crippen molar-refractivity contribution in [2.45, 2.75) is 38.5 Å². The highest BCUT2D eigenvalue weighted by molar-refractivity contribution is 6.15. The summed E-state index contributed by atoms with van der Waals surface area (Å²) in [5.41, 5.74) is 31.2. The summed E-state index contributed by atoms with van der Waals surface area (Å²) in [5.74, 6) is 3.54. The van der Waals surface area contributed by atoms with Crippen LogP contribution >= 0.6 is 0 Å². The molecular formula is C108H73N9. The Bertz CT molecular complexity index is 7610. The smallest absolute Gasteiger partial charge is 0.166 e. The molecule has 0 spiro atoms. The second-order valence-corrected chi connectivity index (χ2v) is 32.1. The summed E-state index contributed by atoms with van der Waals surface area (Å²) < 4.78 is 7.33. The molecule has 550 valence electrons. The Balaban J connectivity index is 0.664. The Morgan fingerprint density at radius 2 is 0.547 bits per heavy atom. The van der Waals surface area contributed by atoms with Crippen LogP contribution in [-0.2, 0) is 10.8 Å². The molecule has 5 aromatic heterocycles. The first-order chi connectivity index (χ1) is 57.5.